The van der Waals surface area contributed by atoms with E-state index in [9.17, 15) is 9.90 Å². The van der Waals surface area contributed by atoms with Crippen molar-refractivity contribution in [3.8, 4) is 0 Å². The van der Waals surface area contributed by atoms with E-state index in [1.165, 1.54) is 11.8 Å². The van der Waals surface area contributed by atoms with Gasteiger partial charge < -0.3 is 5.11 Å². The summed E-state index contributed by atoms with van der Waals surface area (Å²) in [6.07, 6.45) is 3.94. The van der Waals surface area contributed by atoms with Crippen LogP contribution in [-0.2, 0) is 4.79 Å². The molecule has 1 atom stereocenters. The zero-order chi connectivity index (χ0) is 10.7. The van der Waals surface area contributed by atoms with Gasteiger partial charge in [0.1, 0.15) is 4.75 Å². The summed E-state index contributed by atoms with van der Waals surface area (Å²) in [6.45, 7) is 0. The Balaban J connectivity index is 2.18. The Morgan fingerprint density at radius 2 is 2.27 bits per heavy atom. The normalized spacial score (nSPS) is 25.3. The largest absolute Gasteiger partial charge is 0.480 e. The van der Waals surface area contributed by atoms with E-state index in [0.717, 1.165) is 5.75 Å². The molecule has 0 amide bonds. The summed E-state index contributed by atoms with van der Waals surface area (Å²) in [5.74, 6) is 0.766. The third kappa shape index (κ3) is 2.26. The molecule has 0 bridgehead atoms. The van der Waals surface area contributed by atoms with Crippen molar-refractivity contribution in [2.24, 2.45) is 0 Å². The standard InChI is InChI=1S/C9H10N2O2S2/c12-7(13)9(2-5-14-6-9)15-8-10-3-1-4-11-8/h1,3-4H,2,5-6H2,(H,12,13). The molecule has 80 valence electrons. The van der Waals surface area contributed by atoms with E-state index in [0.29, 0.717) is 17.3 Å². The first-order chi connectivity index (χ1) is 7.23. The smallest absolute Gasteiger partial charge is 0.321 e. The van der Waals surface area contributed by atoms with Crippen LogP contribution in [-0.4, -0.2) is 37.3 Å². The van der Waals surface area contributed by atoms with Crippen LogP contribution in [0.15, 0.2) is 23.6 Å². The molecule has 0 radical (unpaired) electrons. The average molecular weight is 242 g/mol. The fourth-order valence-corrected chi connectivity index (χ4v) is 4.07. The maximum atomic E-state index is 11.2. The molecule has 1 N–H and O–H groups in total. The van der Waals surface area contributed by atoms with Crippen molar-refractivity contribution in [2.75, 3.05) is 11.5 Å². The number of nitrogens with zero attached hydrogens (tertiary/aromatic N) is 2. The molecule has 0 saturated carbocycles. The minimum Gasteiger partial charge on any atom is -0.480 e. The van der Waals surface area contributed by atoms with Crippen LogP contribution in [0.3, 0.4) is 0 Å². The number of rotatable bonds is 3. The number of aliphatic carboxylic acids is 1. The quantitative estimate of drug-likeness (QED) is 0.811. The Morgan fingerprint density at radius 1 is 1.53 bits per heavy atom. The summed E-state index contributed by atoms with van der Waals surface area (Å²) in [4.78, 5) is 19.3. The lowest BCUT2D eigenvalue weighted by Gasteiger charge is -2.20. The van der Waals surface area contributed by atoms with Gasteiger partial charge in [-0.05, 0) is 18.2 Å². The first kappa shape index (κ1) is 10.8. The van der Waals surface area contributed by atoms with Gasteiger partial charge in [-0.3, -0.25) is 4.79 Å². The fraction of sp³-hybridized carbons (Fsp3) is 0.444. The number of aromatic nitrogens is 2. The highest BCUT2D eigenvalue weighted by Gasteiger charge is 2.43. The summed E-state index contributed by atoms with van der Waals surface area (Å²) in [7, 11) is 0. The predicted molar refractivity (Wildman–Crippen MR) is 60.2 cm³/mol. The van der Waals surface area contributed by atoms with Crippen molar-refractivity contribution >= 4 is 29.5 Å². The average Bonchev–Trinajstić information content (AvgIpc) is 2.69. The van der Waals surface area contributed by atoms with Crippen molar-refractivity contribution in [3.05, 3.63) is 18.5 Å². The van der Waals surface area contributed by atoms with Crippen LogP contribution in [0.25, 0.3) is 0 Å². The van der Waals surface area contributed by atoms with Crippen molar-refractivity contribution in [1.29, 1.82) is 0 Å². The first-order valence-corrected chi connectivity index (χ1v) is 6.47. The highest BCUT2D eigenvalue weighted by Crippen LogP contribution is 2.42. The molecule has 1 saturated heterocycles. The molecule has 0 spiro atoms. The minimum atomic E-state index is -0.759. The zero-order valence-electron chi connectivity index (χ0n) is 7.92. The lowest BCUT2D eigenvalue weighted by Crippen LogP contribution is -2.34. The summed E-state index contributed by atoms with van der Waals surface area (Å²) < 4.78 is -0.730. The van der Waals surface area contributed by atoms with Gasteiger partial charge in [0.05, 0.1) is 0 Å². The van der Waals surface area contributed by atoms with Gasteiger partial charge in [0.2, 0.25) is 0 Å². The molecule has 1 aliphatic heterocycles. The van der Waals surface area contributed by atoms with Crippen molar-refractivity contribution in [3.63, 3.8) is 0 Å². The summed E-state index contributed by atoms with van der Waals surface area (Å²) in [5, 5.41) is 9.78. The van der Waals surface area contributed by atoms with Gasteiger partial charge in [-0.15, -0.1) is 0 Å². The van der Waals surface area contributed by atoms with Crippen LogP contribution < -0.4 is 0 Å². The van der Waals surface area contributed by atoms with Crippen molar-refractivity contribution in [1.82, 2.24) is 9.97 Å². The van der Waals surface area contributed by atoms with Gasteiger partial charge in [0.15, 0.2) is 5.16 Å². The Kier molecular flexibility index (Phi) is 3.16. The fourth-order valence-electron chi connectivity index (χ4n) is 1.35. The Hall–Kier alpha value is -0.750. The van der Waals surface area contributed by atoms with Gasteiger partial charge in [-0.2, -0.15) is 11.8 Å². The molecule has 2 rings (SSSR count). The molecule has 1 aliphatic rings. The lowest BCUT2D eigenvalue weighted by molar-refractivity contribution is -0.139. The second-order valence-corrected chi connectivity index (χ2v) is 5.69. The molecule has 1 fully saturated rings. The number of hydrogen-bond donors (Lipinski definition) is 1. The second kappa shape index (κ2) is 4.40. The van der Waals surface area contributed by atoms with Crippen LogP contribution in [0.4, 0.5) is 0 Å². The monoisotopic (exact) mass is 242 g/mol. The van der Waals surface area contributed by atoms with E-state index in [-0.39, 0.29) is 0 Å². The topological polar surface area (TPSA) is 63.1 Å². The highest BCUT2D eigenvalue weighted by molar-refractivity contribution is 8.05. The number of hydrogen-bond acceptors (Lipinski definition) is 5. The second-order valence-electron chi connectivity index (χ2n) is 3.24. The number of carbonyl (C=O) groups is 1. The SMILES string of the molecule is O=C(O)C1(Sc2ncccn2)CCSC1. The molecule has 1 aromatic heterocycles. The molecule has 2 heterocycles. The molecule has 0 aromatic carbocycles. The molecule has 1 unspecified atom stereocenters. The van der Waals surface area contributed by atoms with Crippen LogP contribution >= 0.6 is 23.5 Å². The zero-order valence-corrected chi connectivity index (χ0v) is 9.55. The third-order valence-corrected chi connectivity index (χ3v) is 4.88. The first-order valence-electron chi connectivity index (χ1n) is 4.50. The maximum absolute atomic E-state index is 11.2. The maximum Gasteiger partial charge on any atom is 0.321 e. The van der Waals surface area contributed by atoms with Gasteiger partial charge in [0, 0.05) is 18.1 Å². The van der Waals surface area contributed by atoms with Crippen molar-refractivity contribution in [2.45, 2.75) is 16.3 Å². The molecular formula is C9H10N2O2S2. The molecule has 4 nitrogen and oxygen atoms in total. The Bertz CT molecular complexity index is 352. The van der Waals surface area contributed by atoms with Crippen LogP contribution in [0.5, 0.6) is 0 Å². The van der Waals surface area contributed by atoms with E-state index >= 15 is 0 Å². The number of thioether (sulfide) groups is 2. The van der Waals surface area contributed by atoms with E-state index in [1.54, 1.807) is 30.2 Å². The van der Waals surface area contributed by atoms with Crippen LogP contribution in [0.2, 0.25) is 0 Å². The summed E-state index contributed by atoms with van der Waals surface area (Å²) >= 11 is 2.94. The third-order valence-electron chi connectivity index (χ3n) is 2.20. The Labute approximate surface area is 95.9 Å². The van der Waals surface area contributed by atoms with E-state index in [2.05, 4.69) is 9.97 Å². The molecular weight excluding hydrogens is 232 g/mol. The minimum absolute atomic E-state index is 0.544. The predicted octanol–water partition coefficient (Wildman–Crippen LogP) is 1.53. The van der Waals surface area contributed by atoms with Gasteiger partial charge in [0.25, 0.3) is 0 Å². The van der Waals surface area contributed by atoms with E-state index < -0.39 is 10.7 Å². The summed E-state index contributed by atoms with van der Waals surface area (Å²) in [5.41, 5.74) is 0. The van der Waals surface area contributed by atoms with Gasteiger partial charge >= 0.3 is 5.97 Å². The molecule has 1 aromatic rings. The van der Waals surface area contributed by atoms with E-state index in [1.807, 2.05) is 0 Å². The Morgan fingerprint density at radius 3 is 2.80 bits per heavy atom. The lowest BCUT2D eigenvalue weighted by atomic mass is 10.1. The van der Waals surface area contributed by atoms with Crippen LogP contribution in [0, 0.1) is 0 Å². The molecule has 0 aliphatic carbocycles. The van der Waals surface area contributed by atoms with Gasteiger partial charge in [-0.25, -0.2) is 9.97 Å². The highest BCUT2D eigenvalue weighted by atomic mass is 32.2. The van der Waals surface area contributed by atoms with Crippen molar-refractivity contribution < 1.29 is 9.90 Å². The number of carboxylic acids is 1. The molecule has 15 heavy (non-hydrogen) atoms. The number of carboxylic acid groups (broad SMARTS) is 1. The van der Waals surface area contributed by atoms with E-state index in [4.69, 9.17) is 0 Å². The molecule has 6 heteroatoms. The van der Waals surface area contributed by atoms with Gasteiger partial charge in [-0.1, -0.05) is 11.8 Å². The van der Waals surface area contributed by atoms with Crippen LogP contribution in [0.1, 0.15) is 6.42 Å². The summed E-state index contributed by atoms with van der Waals surface area (Å²) in [6, 6.07) is 1.72.